The van der Waals surface area contributed by atoms with Crippen molar-refractivity contribution in [3.05, 3.63) is 70.2 Å². The summed E-state index contributed by atoms with van der Waals surface area (Å²) in [6, 6.07) is 13.9. The summed E-state index contributed by atoms with van der Waals surface area (Å²) in [5.74, 6) is -1.74. The SMILES string of the molecule is CNC(C1CCCCC1)C(C)NC(=O)c1cccc(C(OCCNC(=O)C(F)(F)F)c2cccc(Cl)c2)c1. The second kappa shape index (κ2) is 14.0. The first-order chi connectivity index (χ1) is 18.1. The van der Waals surface area contributed by atoms with E-state index in [2.05, 4.69) is 10.6 Å². The number of likely N-dealkylation sites (N-methyl/N-ethyl adjacent to an activating group) is 1. The molecule has 2 amide bonds. The highest BCUT2D eigenvalue weighted by atomic mass is 35.5. The molecule has 0 aromatic heterocycles. The van der Waals surface area contributed by atoms with Gasteiger partial charge in [0.05, 0.1) is 6.61 Å². The van der Waals surface area contributed by atoms with Gasteiger partial charge >= 0.3 is 12.1 Å². The monoisotopic (exact) mass is 553 g/mol. The number of ether oxygens (including phenoxy) is 1. The molecule has 0 bridgehead atoms. The summed E-state index contributed by atoms with van der Waals surface area (Å²) in [4.78, 5) is 24.3. The molecule has 38 heavy (non-hydrogen) atoms. The topological polar surface area (TPSA) is 79.5 Å². The first kappa shape index (κ1) is 29.9. The van der Waals surface area contributed by atoms with Crippen molar-refractivity contribution in [1.82, 2.24) is 16.0 Å². The predicted molar refractivity (Wildman–Crippen MR) is 141 cm³/mol. The summed E-state index contributed by atoms with van der Waals surface area (Å²) in [5.41, 5.74) is 1.74. The van der Waals surface area contributed by atoms with E-state index in [0.29, 0.717) is 27.6 Å². The highest BCUT2D eigenvalue weighted by Crippen LogP contribution is 2.30. The molecule has 3 rings (SSSR count). The normalized spacial score (nSPS) is 16.9. The average molecular weight is 554 g/mol. The maximum absolute atomic E-state index is 13.2. The summed E-state index contributed by atoms with van der Waals surface area (Å²) >= 11 is 6.17. The number of benzene rings is 2. The molecule has 2 aromatic carbocycles. The van der Waals surface area contributed by atoms with E-state index in [1.54, 1.807) is 53.8 Å². The minimum Gasteiger partial charge on any atom is -0.367 e. The number of halogens is 4. The van der Waals surface area contributed by atoms with Crippen LogP contribution in [-0.2, 0) is 9.53 Å². The number of amides is 2. The van der Waals surface area contributed by atoms with Crippen molar-refractivity contribution < 1.29 is 27.5 Å². The number of hydrogen-bond donors (Lipinski definition) is 3. The second-order valence-corrected chi connectivity index (χ2v) is 10.1. The van der Waals surface area contributed by atoms with E-state index < -0.39 is 18.2 Å². The predicted octanol–water partition coefficient (Wildman–Crippen LogP) is 5.41. The van der Waals surface area contributed by atoms with E-state index in [1.807, 2.05) is 14.0 Å². The zero-order chi connectivity index (χ0) is 27.7. The molecule has 0 aliphatic heterocycles. The van der Waals surface area contributed by atoms with Crippen molar-refractivity contribution in [2.24, 2.45) is 5.92 Å². The molecular weight excluding hydrogens is 519 g/mol. The van der Waals surface area contributed by atoms with Gasteiger partial charge in [0.15, 0.2) is 0 Å². The Balaban J connectivity index is 1.73. The number of rotatable bonds is 11. The summed E-state index contributed by atoms with van der Waals surface area (Å²) in [6.07, 6.45) is 0.271. The molecule has 0 heterocycles. The molecule has 10 heteroatoms. The minimum atomic E-state index is -4.96. The molecule has 1 saturated carbocycles. The van der Waals surface area contributed by atoms with Gasteiger partial charge < -0.3 is 20.7 Å². The third-order valence-electron chi connectivity index (χ3n) is 6.92. The van der Waals surface area contributed by atoms with Crippen LogP contribution in [0, 0.1) is 5.92 Å². The van der Waals surface area contributed by atoms with Crippen LogP contribution in [0.4, 0.5) is 13.2 Å². The quantitative estimate of drug-likeness (QED) is 0.325. The van der Waals surface area contributed by atoms with E-state index in [4.69, 9.17) is 16.3 Å². The van der Waals surface area contributed by atoms with Gasteiger partial charge in [0.25, 0.3) is 5.91 Å². The Labute approximate surface area is 226 Å². The van der Waals surface area contributed by atoms with Crippen molar-refractivity contribution in [3.63, 3.8) is 0 Å². The molecule has 3 atom stereocenters. The van der Waals surface area contributed by atoms with Gasteiger partial charge in [-0.1, -0.05) is 55.1 Å². The Morgan fingerprint density at radius 2 is 1.71 bits per heavy atom. The number of hydrogen-bond acceptors (Lipinski definition) is 4. The second-order valence-electron chi connectivity index (χ2n) is 9.66. The maximum atomic E-state index is 13.2. The molecule has 1 aliphatic rings. The fourth-order valence-electron chi connectivity index (χ4n) is 5.11. The van der Waals surface area contributed by atoms with Crippen LogP contribution >= 0.6 is 11.6 Å². The van der Waals surface area contributed by atoms with Gasteiger partial charge in [-0.3, -0.25) is 9.59 Å². The van der Waals surface area contributed by atoms with Crippen LogP contribution in [0.15, 0.2) is 48.5 Å². The molecule has 0 saturated heterocycles. The van der Waals surface area contributed by atoms with E-state index in [0.717, 1.165) is 12.8 Å². The lowest BCUT2D eigenvalue weighted by Crippen LogP contribution is -2.51. The first-order valence-electron chi connectivity index (χ1n) is 12.9. The van der Waals surface area contributed by atoms with E-state index in [-0.39, 0.29) is 31.1 Å². The number of alkyl halides is 3. The summed E-state index contributed by atoms with van der Waals surface area (Å²) in [7, 11) is 1.92. The molecule has 208 valence electrons. The van der Waals surface area contributed by atoms with Crippen LogP contribution in [0.25, 0.3) is 0 Å². The minimum absolute atomic E-state index is 0.0866. The lowest BCUT2D eigenvalue weighted by molar-refractivity contribution is -0.173. The molecule has 3 N–H and O–H groups in total. The number of carbonyl (C=O) groups excluding carboxylic acids is 2. The first-order valence-corrected chi connectivity index (χ1v) is 13.3. The van der Waals surface area contributed by atoms with Gasteiger partial charge in [-0.25, -0.2) is 0 Å². The Hall–Kier alpha value is -2.62. The highest BCUT2D eigenvalue weighted by Gasteiger charge is 2.38. The fourth-order valence-corrected chi connectivity index (χ4v) is 5.30. The summed E-state index contributed by atoms with van der Waals surface area (Å²) in [6.45, 7) is 1.49. The molecule has 0 radical (unpaired) electrons. The van der Waals surface area contributed by atoms with Crippen LogP contribution in [0.1, 0.15) is 66.6 Å². The molecule has 6 nitrogen and oxygen atoms in total. The van der Waals surface area contributed by atoms with Gasteiger partial charge in [0.2, 0.25) is 0 Å². The van der Waals surface area contributed by atoms with Crippen LogP contribution in [0.3, 0.4) is 0 Å². The Bertz CT molecular complexity index is 1080. The average Bonchev–Trinajstić information content (AvgIpc) is 2.89. The van der Waals surface area contributed by atoms with Crippen LogP contribution in [0.2, 0.25) is 5.02 Å². The molecule has 1 fully saturated rings. The van der Waals surface area contributed by atoms with Crippen LogP contribution in [-0.4, -0.2) is 50.3 Å². The lowest BCUT2D eigenvalue weighted by Gasteiger charge is -2.34. The van der Waals surface area contributed by atoms with Crippen molar-refractivity contribution in [2.75, 3.05) is 20.2 Å². The van der Waals surface area contributed by atoms with Gasteiger partial charge in [0, 0.05) is 29.2 Å². The van der Waals surface area contributed by atoms with Crippen molar-refractivity contribution in [1.29, 1.82) is 0 Å². The Morgan fingerprint density at radius 3 is 2.34 bits per heavy atom. The van der Waals surface area contributed by atoms with Crippen molar-refractivity contribution in [2.45, 2.75) is 63.4 Å². The summed E-state index contributed by atoms with van der Waals surface area (Å²) < 4.78 is 43.4. The van der Waals surface area contributed by atoms with Gasteiger partial charge in [-0.15, -0.1) is 0 Å². The number of nitrogens with one attached hydrogen (secondary N) is 3. The van der Waals surface area contributed by atoms with E-state index in [1.165, 1.54) is 19.3 Å². The lowest BCUT2D eigenvalue weighted by atomic mass is 9.81. The molecule has 0 spiro atoms. The molecular formula is C28H35ClF3N3O3. The Kier molecular flexibility index (Phi) is 11.0. The van der Waals surface area contributed by atoms with E-state index in [9.17, 15) is 22.8 Å². The van der Waals surface area contributed by atoms with Crippen molar-refractivity contribution in [3.8, 4) is 0 Å². The van der Waals surface area contributed by atoms with Crippen LogP contribution in [0.5, 0.6) is 0 Å². The van der Waals surface area contributed by atoms with Crippen LogP contribution < -0.4 is 16.0 Å². The smallest absolute Gasteiger partial charge is 0.367 e. The highest BCUT2D eigenvalue weighted by molar-refractivity contribution is 6.30. The largest absolute Gasteiger partial charge is 0.471 e. The zero-order valence-electron chi connectivity index (χ0n) is 21.6. The maximum Gasteiger partial charge on any atom is 0.471 e. The third-order valence-corrected chi connectivity index (χ3v) is 7.16. The zero-order valence-corrected chi connectivity index (χ0v) is 22.4. The Morgan fingerprint density at radius 1 is 1.05 bits per heavy atom. The fraction of sp³-hybridized carbons (Fsp3) is 0.500. The third kappa shape index (κ3) is 8.44. The molecule has 1 aliphatic carbocycles. The van der Waals surface area contributed by atoms with Gasteiger partial charge in [-0.2, -0.15) is 13.2 Å². The molecule has 3 unspecified atom stereocenters. The van der Waals surface area contributed by atoms with E-state index >= 15 is 0 Å². The van der Waals surface area contributed by atoms with Crippen molar-refractivity contribution >= 4 is 23.4 Å². The number of carbonyl (C=O) groups is 2. The molecule has 2 aromatic rings. The van der Waals surface area contributed by atoms with Gasteiger partial charge in [0.1, 0.15) is 6.10 Å². The summed E-state index contributed by atoms with van der Waals surface area (Å²) in [5, 5.41) is 8.77. The standard InChI is InChI=1S/C28H35ClF3N3O3/c1-18(24(33-2)19-8-4-3-5-9-19)35-26(36)22-12-6-10-20(16-22)25(21-11-7-13-23(29)17-21)38-15-14-34-27(37)28(30,31)32/h6-7,10-13,16-19,24-25,33H,3-5,8-9,14-15H2,1-2H3,(H,34,37)(H,35,36). The van der Waals surface area contributed by atoms with Gasteiger partial charge in [-0.05, 0) is 68.1 Å².